The monoisotopic (exact) mass is 202 g/mol. The highest BCUT2D eigenvalue weighted by Gasteiger charge is 2.10. The predicted molar refractivity (Wildman–Crippen MR) is 52.2 cm³/mol. The maximum Gasteiger partial charge on any atom is 0.308 e. The van der Waals surface area contributed by atoms with E-state index in [-0.39, 0.29) is 0 Å². The summed E-state index contributed by atoms with van der Waals surface area (Å²) in [5, 5.41) is 0. The van der Waals surface area contributed by atoms with Crippen LogP contribution in [0.5, 0.6) is 0 Å². The van der Waals surface area contributed by atoms with E-state index in [9.17, 15) is 13.6 Å². The third-order valence-electron chi connectivity index (χ3n) is 1.82. The first kappa shape index (κ1) is 13.1. The Morgan fingerprint density at radius 2 is 1.86 bits per heavy atom. The summed E-state index contributed by atoms with van der Waals surface area (Å²) >= 11 is 0. The molecule has 0 radical (unpaired) electrons. The maximum atomic E-state index is 11.7. The number of hydrogen-bond donors (Lipinski definition) is 0. The van der Waals surface area contributed by atoms with Crippen LogP contribution < -0.4 is 0 Å². The zero-order chi connectivity index (χ0) is 10.8. The fourth-order valence-corrected chi connectivity index (χ4v) is 1.02. The molecule has 0 aliphatic rings. The van der Waals surface area contributed by atoms with Crippen molar-refractivity contribution in [3.8, 4) is 11.8 Å². The van der Waals surface area contributed by atoms with Gasteiger partial charge in [0.05, 0.1) is 0 Å². The molecule has 0 N–H and O–H groups in total. The molecule has 0 heterocycles. The molecule has 0 unspecified atom stereocenters. The van der Waals surface area contributed by atoms with Crippen molar-refractivity contribution >= 4 is 5.78 Å². The molecule has 3 heteroatoms. The number of carbonyl (C=O) groups excluding carboxylic acids is 1. The third-order valence-corrected chi connectivity index (χ3v) is 1.82. The lowest BCUT2D eigenvalue weighted by atomic mass is 10.1. The summed E-state index contributed by atoms with van der Waals surface area (Å²) in [4.78, 5) is 10.4. The van der Waals surface area contributed by atoms with Gasteiger partial charge in [-0.15, -0.1) is 0 Å². The van der Waals surface area contributed by atoms with Crippen molar-refractivity contribution in [2.24, 2.45) is 0 Å². The van der Waals surface area contributed by atoms with Crippen molar-refractivity contribution in [2.45, 2.75) is 51.9 Å². The van der Waals surface area contributed by atoms with Gasteiger partial charge in [0.1, 0.15) is 0 Å². The summed E-state index contributed by atoms with van der Waals surface area (Å²) in [5.74, 6) is 3.13. The minimum Gasteiger partial charge on any atom is -0.278 e. The van der Waals surface area contributed by atoms with Gasteiger partial charge >= 0.3 is 6.43 Å². The summed E-state index contributed by atoms with van der Waals surface area (Å²) in [6.07, 6.45) is 3.08. The molecule has 0 aromatic heterocycles. The van der Waals surface area contributed by atoms with E-state index in [0.717, 1.165) is 19.3 Å². The number of Topliss-reactive ketones (excluding diaryl/α,β-unsaturated/α-hetero) is 1. The van der Waals surface area contributed by atoms with E-state index in [1.54, 1.807) is 0 Å². The molecule has 1 nitrogen and oxygen atoms in total. The summed E-state index contributed by atoms with van der Waals surface area (Å²) in [7, 11) is 0. The molecule has 0 aromatic carbocycles. The van der Waals surface area contributed by atoms with Gasteiger partial charge in [-0.3, -0.25) is 4.79 Å². The van der Waals surface area contributed by atoms with E-state index in [0.29, 0.717) is 6.42 Å². The first-order valence-corrected chi connectivity index (χ1v) is 4.99. The highest BCUT2D eigenvalue weighted by Crippen LogP contribution is 2.04. The first-order chi connectivity index (χ1) is 6.68. The van der Waals surface area contributed by atoms with Gasteiger partial charge < -0.3 is 0 Å². The molecule has 0 bridgehead atoms. The highest BCUT2D eigenvalue weighted by atomic mass is 19.3. The van der Waals surface area contributed by atoms with Crippen LogP contribution in [0.2, 0.25) is 0 Å². The molecular weight excluding hydrogens is 186 g/mol. The lowest BCUT2D eigenvalue weighted by Crippen LogP contribution is -2.05. The molecule has 80 valence electrons. The van der Waals surface area contributed by atoms with Crippen molar-refractivity contribution < 1.29 is 13.6 Å². The molecule has 0 aliphatic carbocycles. The third kappa shape index (κ3) is 7.72. The van der Waals surface area contributed by atoms with Crippen LogP contribution in [-0.2, 0) is 4.79 Å². The van der Waals surface area contributed by atoms with E-state index in [1.165, 1.54) is 12.8 Å². The Balaban J connectivity index is 3.39. The van der Waals surface area contributed by atoms with Crippen LogP contribution in [0.3, 0.4) is 0 Å². The molecule has 0 amide bonds. The minimum absolute atomic E-state index is 0.544. The smallest absolute Gasteiger partial charge is 0.278 e. The molecular formula is C11H16F2O. The SMILES string of the molecule is CCCCCCCC#CC(=O)C(F)F. The zero-order valence-electron chi connectivity index (χ0n) is 8.48. The van der Waals surface area contributed by atoms with Gasteiger partial charge in [0, 0.05) is 6.42 Å². The number of ketones is 1. The van der Waals surface area contributed by atoms with Crippen molar-refractivity contribution in [1.29, 1.82) is 0 Å². The standard InChI is InChI=1S/C11H16F2O/c1-2-3-4-5-6-7-8-9-10(14)11(12)13/h11H,2-7H2,1H3. The van der Waals surface area contributed by atoms with Gasteiger partial charge in [0.2, 0.25) is 0 Å². The van der Waals surface area contributed by atoms with Crippen LogP contribution in [-0.4, -0.2) is 12.2 Å². The van der Waals surface area contributed by atoms with E-state index >= 15 is 0 Å². The van der Waals surface area contributed by atoms with E-state index in [2.05, 4.69) is 12.8 Å². The second-order valence-corrected chi connectivity index (χ2v) is 3.13. The summed E-state index contributed by atoms with van der Waals surface area (Å²) in [6, 6.07) is 0. The predicted octanol–water partition coefficient (Wildman–Crippen LogP) is 3.18. The van der Waals surface area contributed by atoms with Gasteiger partial charge in [0.25, 0.3) is 5.78 Å². The van der Waals surface area contributed by atoms with E-state index in [4.69, 9.17) is 0 Å². The quantitative estimate of drug-likeness (QED) is 0.367. The molecule has 0 rings (SSSR count). The minimum atomic E-state index is -2.94. The zero-order valence-corrected chi connectivity index (χ0v) is 8.48. The fourth-order valence-electron chi connectivity index (χ4n) is 1.02. The number of unbranched alkanes of at least 4 members (excludes halogenated alkanes) is 5. The average Bonchev–Trinajstić information content (AvgIpc) is 2.16. The molecule has 0 saturated carbocycles. The Labute approximate surface area is 83.9 Å². The largest absolute Gasteiger partial charge is 0.308 e. The van der Waals surface area contributed by atoms with E-state index in [1.807, 2.05) is 5.92 Å². The van der Waals surface area contributed by atoms with Crippen molar-refractivity contribution in [3.05, 3.63) is 0 Å². The highest BCUT2D eigenvalue weighted by molar-refractivity contribution is 5.97. The van der Waals surface area contributed by atoms with Crippen LogP contribution in [0.25, 0.3) is 0 Å². The van der Waals surface area contributed by atoms with Crippen LogP contribution >= 0.6 is 0 Å². The van der Waals surface area contributed by atoms with Crippen molar-refractivity contribution in [2.75, 3.05) is 0 Å². The van der Waals surface area contributed by atoms with Gasteiger partial charge in [0.15, 0.2) is 0 Å². The second kappa shape index (κ2) is 8.68. The number of halogens is 2. The Morgan fingerprint density at radius 3 is 2.43 bits per heavy atom. The Morgan fingerprint density at radius 1 is 1.21 bits per heavy atom. The van der Waals surface area contributed by atoms with Gasteiger partial charge in [-0.05, 0) is 12.3 Å². The van der Waals surface area contributed by atoms with Gasteiger partial charge in [-0.1, -0.05) is 38.5 Å². The summed E-state index contributed by atoms with van der Waals surface area (Å²) in [6.45, 7) is 2.13. The van der Waals surface area contributed by atoms with Crippen LogP contribution in [0.1, 0.15) is 45.4 Å². The maximum absolute atomic E-state index is 11.7. The van der Waals surface area contributed by atoms with Gasteiger partial charge in [-0.2, -0.15) is 0 Å². The van der Waals surface area contributed by atoms with Crippen LogP contribution in [0.4, 0.5) is 8.78 Å². The molecule has 0 saturated heterocycles. The lowest BCUT2D eigenvalue weighted by molar-refractivity contribution is -0.123. The topological polar surface area (TPSA) is 17.1 Å². The molecule has 0 fully saturated rings. The Hall–Kier alpha value is -0.910. The molecule has 0 aliphatic heterocycles. The molecule has 0 aromatic rings. The number of hydrogen-bond acceptors (Lipinski definition) is 1. The molecule has 0 spiro atoms. The lowest BCUT2D eigenvalue weighted by Gasteiger charge is -1.94. The Bertz CT molecular complexity index is 213. The molecule has 0 atom stereocenters. The van der Waals surface area contributed by atoms with Gasteiger partial charge in [-0.25, -0.2) is 8.78 Å². The number of rotatable bonds is 6. The number of alkyl halides is 2. The second-order valence-electron chi connectivity index (χ2n) is 3.13. The van der Waals surface area contributed by atoms with Crippen molar-refractivity contribution in [3.63, 3.8) is 0 Å². The fraction of sp³-hybridized carbons (Fsp3) is 0.727. The summed E-state index contributed by atoms with van der Waals surface area (Å²) < 4.78 is 23.3. The number of carbonyl (C=O) groups is 1. The normalized spacial score (nSPS) is 9.71. The van der Waals surface area contributed by atoms with E-state index < -0.39 is 12.2 Å². The van der Waals surface area contributed by atoms with Crippen molar-refractivity contribution in [1.82, 2.24) is 0 Å². The molecule has 14 heavy (non-hydrogen) atoms. The average molecular weight is 202 g/mol. The summed E-state index contributed by atoms with van der Waals surface area (Å²) in [5.41, 5.74) is 0. The Kier molecular flexibility index (Phi) is 8.11. The van der Waals surface area contributed by atoms with Crippen LogP contribution in [0.15, 0.2) is 0 Å². The first-order valence-electron chi connectivity index (χ1n) is 4.99. The van der Waals surface area contributed by atoms with Crippen LogP contribution in [0, 0.1) is 11.8 Å².